The Morgan fingerprint density at radius 1 is 1.27 bits per heavy atom. The first-order chi connectivity index (χ1) is 12.2. The third-order valence-electron chi connectivity index (χ3n) is 4.00. The Kier molecular flexibility index (Phi) is 6.97. The number of thioether (sulfide) groups is 1. The zero-order valence-electron chi connectivity index (χ0n) is 14.5. The molecule has 0 aromatic heterocycles. The van der Waals surface area contributed by atoms with Crippen LogP contribution in [0.2, 0.25) is 5.02 Å². The Hall–Kier alpha value is -1.70. The van der Waals surface area contributed by atoms with E-state index in [4.69, 9.17) is 16.3 Å². The lowest BCUT2D eigenvalue weighted by molar-refractivity contribution is -0.162. The summed E-state index contributed by atoms with van der Waals surface area (Å²) in [5.74, 6) is -1.91. The standard InChI is InChI=1S/C18H20ClNO5S/c1-11(21)26-18(2,10-15(22)12-5-7-13(19)8-6-12)17(24)25-16(23)14-4-3-9-20-14/h5-8,14,20H,3-4,9-10H2,1-2H3/t14-,18?/m0/s1. The van der Waals surface area contributed by atoms with Crippen molar-refractivity contribution in [2.24, 2.45) is 0 Å². The Morgan fingerprint density at radius 3 is 2.46 bits per heavy atom. The van der Waals surface area contributed by atoms with Gasteiger partial charge in [0.2, 0.25) is 0 Å². The maximum Gasteiger partial charge on any atom is 0.330 e. The summed E-state index contributed by atoms with van der Waals surface area (Å²) in [6, 6.07) is 5.69. The molecule has 1 heterocycles. The van der Waals surface area contributed by atoms with Crippen molar-refractivity contribution in [2.45, 2.75) is 43.9 Å². The first-order valence-electron chi connectivity index (χ1n) is 8.19. The van der Waals surface area contributed by atoms with Crippen LogP contribution in [0, 0.1) is 0 Å². The third-order valence-corrected chi connectivity index (χ3v) is 5.30. The van der Waals surface area contributed by atoms with Gasteiger partial charge < -0.3 is 10.1 Å². The van der Waals surface area contributed by atoms with Gasteiger partial charge in [-0.25, -0.2) is 4.79 Å². The molecule has 1 unspecified atom stereocenters. The second kappa shape index (κ2) is 8.79. The number of hydrogen-bond donors (Lipinski definition) is 1. The zero-order valence-corrected chi connectivity index (χ0v) is 16.1. The van der Waals surface area contributed by atoms with Gasteiger partial charge >= 0.3 is 11.9 Å². The van der Waals surface area contributed by atoms with Crippen LogP contribution in [-0.4, -0.2) is 40.2 Å². The average molecular weight is 398 g/mol. The largest absolute Gasteiger partial charge is 0.391 e. The van der Waals surface area contributed by atoms with Crippen LogP contribution in [-0.2, 0) is 19.1 Å². The molecular formula is C18H20ClNO5S. The van der Waals surface area contributed by atoms with Gasteiger partial charge in [-0.3, -0.25) is 14.4 Å². The Balaban J connectivity index is 2.13. The number of ether oxygens (including phenoxy) is 1. The van der Waals surface area contributed by atoms with E-state index in [-0.39, 0.29) is 17.3 Å². The van der Waals surface area contributed by atoms with Crippen molar-refractivity contribution in [2.75, 3.05) is 6.54 Å². The van der Waals surface area contributed by atoms with E-state index >= 15 is 0 Å². The highest BCUT2D eigenvalue weighted by molar-refractivity contribution is 8.15. The molecule has 2 atom stereocenters. The lowest BCUT2D eigenvalue weighted by Crippen LogP contribution is -2.42. The number of hydrogen-bond acceptors (Lipinski definition) is 7. The van der Waals surface area contributed by atoms with Gasteiger partial charge in [-0.2, -0.15) is 0 Å². The first kappa shape index (κ1) is 20.6. The van der Waals surface area contributed by atoms with E-state index in [1.807, 2.05) is 0 Å². The highest BCUT2D eigenvalue weighted by Crippen LogP contribution is 2.33. The average Bonchev–Trinajstić information content (AvgIpc) is 3.09. The van der Waals surface area contributed by atoms with E-state index in [2.05, 4.69) is 5.32 Å². The number of esters is 2. The number of Topliss-reactive ketones (excluding diaryl/α,β-unsaturated/α-hetero) is 1. The van der Waals surface area contributed by atoms with Crippen molar-refractivity contribution in [3.05, 3.63) is 34.9 Å². The molecule has 140 valence electrons. The van der Waals surface area contributed by atoms with Crippen LogP contribution in [0.1, 0.15) is 43.5 Å². The van der Waals surface area contributed by atoms with Crippen LogP contribution >= 0.6 is 23.4 Å². The molecule has 1 saturated heterocycles. The second-order valence-corrected chi connectivity index (χ2v) is 8.41. The number of ketones is 1. The summed E-state index contributed by atoms with van der Waals surface area (Å²) < 4.78 is 3.48. The molecule has 1 aromatic carbocycles. The highest BCUT2D eigenvalue weighted by atomic mass is 35.5. The highest BCUT2D eigenvalue weighted by Gasteiger charge is 2.42. The molecule has 1 aliphatic heterocycles. The summed E-state index contributed by atoms with van der Waals surface area (Å²) in [6.07, 6.45) is 1.14. The fraction of sp³-hybridized carbons (Fsp3) is 0.444. The predicted octanol–water partition coefficient (Wildman–Crippen LogP) is 2.77. The zero-order chi connectivity index (χ0) is 19.3. The quantitative estimate of drug-likeness (QED) is 0.448. The Bertz CT molecular complexity index is 715. The molecule has 26 heavy (non-hydrogen) atoms. The molecule has 0 amide bonds. The summed E-state index contributed by atoms with van der Waals surface area (Å²) >= 11 is 6.50. The summed E-state index contributed by atoms with van der Waals surface area (Å²) in [5, 5.41) is 3.08. The molecule has 8 heteroatoms. The van der Waals surface area contributed by atoms with Crippen molar-refractivity contribution in [1.29, 1.82) is 0 Å². The molecule has 1 N–H and O–H groups in total. The Morgan fingerprint density at radius 2 is 1.92 bits per heavy atom. The van der Waals surface area contributed by atoms with E-state index in [9.17, 15) is 19.2 Å². The number of nitrogens with one attached hydrogen (secondary N) is 1. The molecule has 2 rings (SSSR count). The summed E-state index contributed by atoms with van der Waals surface area (Å²) in [6.45, 7) is 3.41. The van der Waals surface area contributed by atoms with Gasteiger partial charge in [0.25, 0.3) is 0 Å². The van der Waals surface area contributed by atoms with E-state index in [0.717, 1.165) is 6.42 Å². The summed E-state index contributed by atoms with van der Waals surface area (Å²) in [5.41, 5.74) is 0.362. The number of halogens is 1. The van der Waals surface area contributed by atoms with Crippen LogP contribution in [0.25, 0.3) is 0 Å². The van der Waals surface area contributed by atoms with E-state index < -0.39 is 22.7 Å². The van der Waals surface area contributed by atoms with Gasteiger partial charge in [0, 0.05) is 23.9 Å². The smallest absolute Gasteiger partial charge is 0.330 e. The minimum absolute atomic E-state index is 0.275. The maximum absolute atomic E-state index is 12.6. The van der Waals surface area contributed by atoms with E-state index in [1.165, 1.54) is 13.8 Å². The molecule has 0 aliphatic carbocycles. The first-order valence-corrected chi connectivity index (χ1v) is 9.38. The lowest BCUT2D eigenvalue weighted by Gasteiger charge is -2.24. The number of rotatable bonds is 6. The monoisotopic (exact) mass is 397 g/mol. The molecule has 1 aromatic rings. The fourth-order valence-corrected chi connectivity index (χ4v) is 3.76. The SMILES string of the molecule is CC(=O)SC(C)(CC(=O)c1ccc(Cl)cc1)C(=O)OC(=O)[C@@H]1CCCN1. The van der Waals surface area contributed by atoms with Crippen LogP contribution in [0.15, 0.2) is 24.3 Å². The number of carbonyl (C=O) groups excluding carboxylic acids is 4. The van der Waals surface area contributed by atoms with Crippen molar-refractivity contribution >= 4 is 46.2 Å². The van der Waals surface area contributed by atoms with Crippen molar-refractivity contribution in [1.82, 2.24) is 5.32 Å². The van der Waals surface area contributed by atoms with Gasteiger partial charge in [0.05, 0.1) is 0 Å². The molecule has 6 nitrogen and oxygen atoms in total. The lowest BCUT2D eigenvalue weighted by atomic mass is 9.99. The topological polar surface area (TPSA) is 89.5 Å². The van der Waals surface area contributed by atoms with Gasteiger partial charge in [-0.15, -0.1) is 0 Å². The summed E-state index contributed by atoms with van der Waals surface area (Å²) in [4.78, 5) is 48.8. The minimum atomic E-state index is -1.49. The normalized spacial score (nSPS) is 18.8. The number of benzene rings is 1. The van der Waals surface area contributed by atoms with E-state index in [0.29, 0.717) is 35.3 Å². The van der Waals surface area contributed by atoms with Crippen LogP contribution in [0.4, 0.5) is 0 Å². The minimum Gasteiger partial charge on any atom is -0.391 e. The van der Waals surface area contributed by atoms with Gasteiger partial charge in [0.1, 0.15) is 10.8 Å². The summed E-state index contributed by atoms with van der Waals surface area (Å²) in [7, 11) is 0. The third kappa shape index (κ3) is 5.40. The predicted molar refractivity (Wildman–Crippen MR) is 99.2 cm³/mol. The second-order valence-electron chi connectivity index (χ2n) is 6.29. The van der Waals surface area contributed by atoms with Crippen LogP contribution < -0.4 is 5.32 Å². The molecule has 0 bridgehead atoms. The Labute approximate surface area is 161 Å². The van der Waals surface area contributed by atoms with Crippen LogP contribution in [0.3, 0.4) is 0 Å². The molecule has 0 saturated carbocycles. The van der Waals surface area contributed by atoms with Crippen molar-refractivity contribution in [3.63, 3.8) is 0 Å². The van der Waals surface area contributed by atoms with Gasteiger partial charge in [-0.1, -0.05) is 23.4 Å². The van der Waals surface area contributed by atoms with Crippen molar-refractivity contribution in [3.8, 4) is 0 Å². The molecule has 0 radical (unpaired) electrons. The van der Waals surface area contributed by atoms with E-state index in [1.54, 1.807) is 24.3 Å². The fourth-order valence-electron chi connectivity index (χ4n) is 2.67. The van der Waals surface area contributed by atoms with Gasteiger partial charge in [-0.05, 0) is 50.6 Å². The van der Waals surface area contributed by atoms with Crippen molar-refractivity contribution < 1.29 is 23.9 Å². The maximum atomic E-state index is 12.6. The molecule has 1 aliphatic rings. The molecule has 0 spiro atoms. The van der Waals surface area contributed by atoms with Crippen LogP contribution in [0.5, 0.6) is 0 Å². The number of carbonyl (C=O) groups is 4. The molecular weight excluding hydrogens is 378 g/mol. The molecule has 1 fully saturated rings. The van der Waals surface area contributed by atoms with Gasteiger partial charge in [0.15, 0.2) is 10.9 Å².